The first-order valence-electron chi connectivity index (χ1n) is 8.69. The van der Waals surface area contributed by atoms with E-state index in [4.69, 9.17) is 9.68 Å². The molecule has 5 aromatic rings. The molecule has 2 aromatic heterocycles. The van der Waals surface area contributed by atoms with Gasteiger partial charge in [0.05, 0.1) is 5.56 Å². The molecular formula is C24H14N2O. The Hall–Kier alpha value is -3.90. The molecule has 0 aliphatic rings. The summed E-state index contributed by atoms with van der Waals surface area (Å²) in [5, 5.41) is 11.3. The molecule has 0 spiro atoms. The zero-order valence-electron chi connectivity index (χ0n) is 14.4. The standard InChI is InChI=1S/C24H14N2O/c25-13-16-10-20(15-26-14-16)19-7-9-22-21-8-6-18(17-4-2-1-3-5-17)11-23(21)27-24(22)12-19/h1-12,14-15H. The van der Waals surface area contributed by atoms with Crippen molar-refractivity contribution >= 4 is 21.9 Å². The average molecular weight is 346 g/mol. The second-order valence-electron chi connectivity index (χ2n) is 6.46. The summed E-state index contributed by atoms with van der Waals surface area (Å²) in [4.78, 5) is 4.15. The first-order chi connectivity index (χ1) is 13.3. The normalized spacial score (nSPS) is 10.9. The molecule has 3 nitrogen and oxygen atoms in total. The molecule has 2 heterocycles. The second-order valence-corrected chi connectivity index (χ2v) is 6.46. The van der Waals surface area contributed by atoms with Gasteiger partial charge in [0, 0.05) is 28.7 Å². The molecule has 0 bridgehead atoms. The van der Waals surface area contributed by atoms with Gasteiger partial charge in [-0.3, -0.25) is 4.98 Å². The van der Waals surface area contributed by atoms with Crippen LogP contribution in [0.15, 0.2) is 89.6 Å². The molecule has 0 N–H and O–H groups in total. The van der Waals surface area contributed by atoms with Crippen LogP contribution >= 0.6 is 0 Å². The maximum absolute atomic E-state index is 9.09. The topological polar surface area (TPSA) is 49.8 Å². The van der Waals surface area contributed by atoms with Gasteiger partial charge in [0.2, 0.25) is 0 Å². The Labute approximate surface area is 156 Å². The van der Waals surface area contributed by atoms with Crippen LogP contribution in [-0.2, 0) is 0 Å². The fraction of sp³-hybridized carbons (Fsp3) is 0. The monoisotopic (exact) mass is 346 g/mol. The van der Waals surface area contributed by atoms with E-state index in [2.05, 4.69) is 47.5 Å². The van der Waals surface area contributed by atoms with Crippen LogP contribution in [0.5, 0.6) is 0 Å². The Morgan fingerprint density at radius 2 is 1.33 bits per heavy atom. The van der Waals surface area contributed by atoms with E-state index in [9.17, 15) is 0 Å². The maximum Gasteiger partial charge on any atom is 0.136 e. The number of fused-ring (bicyclic) bond motifs is 3. The Morgan fingerprint density at radius 3 is 2.00 bits per heavy atom. The van der Waals surface area contributed by atoms with E-state index in [0.29, 0.717) is 5.56 Å². The Bertz CT molecular complexity index is 1330. The molecule has 3 heteroatoms. The molecular weight excluding hydrogens is 332 g/mol. The molecule has 0 saturated carbocycles. The molecule has 126 valence electrons. The molecule has 0 saturated heterocycles. The maximum atomic E-state index is 9.09. The summed E-state index contributed by atoms with van der Waals surface area (Å²) in [6.45, 7) is 0. The third-order valence-corrected chi connectivity index (χ3v) is 4.78. The van der Waals surface area contributed by atoms with E-state index in [-0.39, 0.29) is 0 Å². The van der Waals surface area contributed by atoms with Gasteiger partial charge in [0.15, 0.2) is 0 Å². The number of benzene rings is 3. The smallest absolute Gasteiger partial charge is 0.136 e. The number of hydrogen-bond donors (Lipinski definition) is 0. The first-order valence-corrected chi connectivity index (χ1v) is 8.69. The summed E-state index contributed by atoms with van der Waals surface area (Å²) < 4.78 is 6.15. The lowest BCUT2D eigenvalue weighted by Gasteiger charge is -2.01. The largest absolute Gasteiger partial charge is 0.456 e. The lowest BCUT2D eigenvalue weighted by Crippen LogP contribution is -1.83. The average Bonchev–Trinajstić information content (AvgIpc) is 3.11. The van der Waals surface area contributed by atoms with Crippen molar-refractivity contribution in [2.75, 3.05) is 0 Å². The Morgan fingerprint density at radius 1 is 0.667 bits per heavy atom. The Kier molecular flexibility index (Phi) is 3.48. The molecule has 0 unspecified atom stereocenters. The highest BCUT2D eigenvalue weighted by Crippen LogP contribution is 2.34. The van der Waals surface area contributed by atoms with Crippen molar-refractivity contribution in [2.45, 2.75) is 0 Å². The van der Waals surface area contributed by atoms with Crippen molar-refractivity contribution in [3.63, 3.8) is 0 Å². The minimum Gasteiger partial charge on any atom is -0.456 e. The number of furan rings is 1. The van der Waals surface area contributed by atoms with Crippen LogP contribution < -0.4 is 0 Å². The van der Waals surface area contributed by atoms with E-state index in [1.54, 1.807) is 12.4 Å². The zero-order chi connectivity index (χ0) is 18.2. The fourth-order valence-electron chi connectivity index (χ4n) is 3.43. The highest BCUT2D eigenvalue weighted by molar-refractivity contribution is 6.06. The summed E-state index contributed by atoms with van der Waals surface area (Å²) in [6.07, 6.45) is 3.33. The molecule has 0 aliphatic heterocycles. The summed E-state index contributed by atoms with van der Waals surface area (Å²) in [5.74, 6) is 0. The lowest BCUT2D eigenvalue weighted by atomic mass is 10.0. The number of pyridine rings is 1. The van der Waals surface area contributed by atoms with E-state index >= 15 is 0 Å². The van der Waals surface area contributed by atoms with Crippen molar-refractivity contribution < 1.29 is 4.42 Å². The highest BCUT2D eigenvalue weighted by atomic mass is 16.3. The van der Waals surface area contributed by atoms with Gasteiger partial charge >= 0.3 is 0 Å². The SMILES string of the molecule is N#Cc1cncc(-c2ccc3c(c2)oc2cc(-c4ccccc4)ccc23)c1. The van der Waals surface area contributed by atoms with E-state index in [1.165, 1.54) is 5.56 Å². The van der Waals surface area contributed by atoms with Gasteiger partial charge in [-0.05, 0) is 47.0 Å². The number of hydrogen-bond acceptors (Lipinski definition) is 3. The summed E-state index contributed by atoms with van der Waals surface area (Å²) in [7, 11) is 0. The van der Waals surface area contributed by atoms with Crippen LogP contribution in [0.1, 0.15) is 5.56 Å². The Balaban J connectivity index is 1.65. The van der Waals surface area contributed by atoms with Gasteiger partial charge in [-0.25, -0.2) is 0 Å². The van der Waals surface area contributed by atoms with Gasteiger partial charge in [-0.15, -0.1) is 0 Å². The van der Waals surface area contributed by atoms with Gasteiger partial charge in [0.25, 0.3) is 0 Å². The zero-order valence-corrected chi connectivity index (χ0v) is 14.4. The number of aromatic nitrogens is 1. The van der Waals surface area contributed by atoms with Crippen LogP contribution in [0, 0.1) is 11.3 Å². The van der Waals surface area contributed by atoms with Crippen LogP contribution in [0.4, 0.5) is 0 Å². The molecule has 3 aromatic carbocycles. The molecule has 0 aliphatic carbocycles. The predicted molar refractivity (Wildman–Crippen MR) is 107 cm³/mol. The first kappa shape index (κ1) is 15.4. The van der Waals surface area contributed by atoms with Crippen LogP contribution in [-0.4, -0.2) is 4.98 Å². The van der Waals surface area contributed by atoms with Crippen molar-refractivity contribution in [3.05, 3.63) is 90.8 Å². The van der Waals surface area contributed by atoms with Crippen molar-refractivity contribution in [2.24, 2.45) is 0 Å². The molecule has 0 amide bonds. The number of rotatable bonds is 2. The molecule has 0 radical (unpaired) electrons. The van der Waals surface area contributed by atoms with E-state index < -0.39 is 0 Å². The highest BCUT2D eigenvalue weighted by Gasteiger charge is 2.10. The minimum atomic E-state index is 0.546. The molecule has 0 fully saturated rings. The van der Waals surface area contributed by atoms with Crippen LogP contribution in [0.25, 0.3) is 44.2 Å². The van der Waals surface area contributed by atoms with Gasteiger partial charge in [-0.2, -0.15) is 5.26 Å². The van der Waals surface area contributed by atoms with Crippen molar-refractivity contribution in [3.8, 4) is 28.3 Å². The van der Waals surface area contributed by atoms with Gasteiger partial charge < -0.3 is 4.42 Å². The van der Waals surface area contributed by atoms with Crippen molar-refractivity contribution in [1.82, 2.24) is 4.98 Å². The van der Waals surface area contributed by atoms with E-state index in [1.807, 2.05) is 36.4 Å². The molecule has 0 atom stereocenters. The van der Waals surface area contributed by atoms with Crippen LogP contribution in [0.2, 0.25) is 0 Å². The van der Waals surface area contributed by atoms with Gasteiger partial charge in [0.1, 0.15) is 17.2 Å². The number of nitrogens with zero attached hydrogens (tertiary/aromatic N) is 2. The van der Waals surface area contributed by atoms with Crippen molar-refractivity contribution in [1.29, 1.82) is 5.26 Å². The van der Waals surface area contributed by atoms with Gasteiger partial charge in [-0.1, -0.05) is 42.5 Å². The second kappa shape index (κ2) is 6.12. The van der Waals surface area contributed by atoms with E-state index in [0.717, 1.165) is 38.6 Å². The predicted octanol–water partition coefficient (Wildman–Crippen LogP) is 6.19. The summed E-state index contributed by atoms with van der Waals surface area (Å²) in [5.41, 5.74) is 6.43. The molecule has 5 rings (SSSR count). The summed E-state index contributed by atoms with van der Waals surface area (Å²) in [6, 6.07) is 26.7. The lowest BCUT2D eigenvalue weighted by molar-refractivity contribution is 0.669. The third kappa shape index (κ3) is 2.65. The minimum absolute atomic E-state index is 0.546. The molecule has 27 heavy (non-hydrogen) atoms. The summed E-state index contributed by atoms with van der Waals surface area (Å²) >= 11 is 0. The quantitative estimate of drug-likeness (QED) is 0.383. The fourth-order valence-corrected chi connectivity index (χ4v) is 3.43. The van der Waals surface area contributed by atoms with Crippen LogP contribution in [0.3, 0.4) is 0 Å². The number of nitriles is 1. The third-order valence-electron chi connectivity index (χ3n) is 4.78.